The highest BCUT2D eigenvalue weighted by Crippen LogP contribution is 2.25. The van der Waals surface area contributed by atoms with Crippen LogP contribution in [0, 0.1) is 5.82 Å². The minimum atomic E-state index is -0.179. The van der Waals surface area contributed by atoms with Crippen molar-refractivity contribution in [2.75, 3.05) is 7.11 Å². The molecule has 0 bridgehead atoms. The molecule has 0 aliphatic heterocycles. The van der Waals surface area contributed by atoms with Crippen molar-refractivity contribution in [3.8, 4) is 11.3 Å². The van der Waals surface area contributed by atoms with Crippen LogP contribution >= 0.6 is 11.3 Å². The predicted molar refractivity (Wildman–Crippen MR) is 87.5 cm³/mol. The van der Waals surface area contributed by atoms with E-state index in [2.05, 4.69) is 11.1 Å². The fourth-order valence-electron chi connectivity index (χ4n) is 2.32. The normalized spacial score (nSPS) is 10.8. The number of benzene rings is 2. The summed E-state index contributed by atoms with van der Waals surface area (Å²) >= 11 is 1.56. The number of methoxy groups -OCH3 is 1. The van der Waals surface area contributed by atoms with Gasteiger partial charge in [0.05, 0.1) is 17.3 Å². The molecule has 0 N–H and O–H groups in total. The fraction of sp³-hybridized carbons (Fsp3) is 0.167. The second-order valence-corrected chi connectivity index (χ2v) is 5.97. The van der Waals surface area contributed by atoms with Crippen molar-refractivity contribution in [1.29, 1.82) is 0 Å². The standard InChI is InChI=1S/C18H16FNOS/c1-21-11-13-5-4-7-15(9-13)17-12-22-18(20-17)10-14-6-2-3-8-16(14)19/h2-9,12H,10-11H2,1H3. The molecule has 0 saturated heterocycles. The third-order valence-electron chi connectivity index (χ3n) is 3.39. The molecular weight excluding hydrogens is 297 g/mol. The Hall–Kier alpha value is -2.04. The fourth-order valence-corrected chi connectivity index (χ4v) is 3.14. The van der Waals surface area contributed by atoms with E-state index in [1.165, 1.54) is 6.07 Å². The molecule has 1 heterocycles. The van der Waals surface area contributed by atoms with Crippen LogP contribution in [0.5, 0.6) is 0 Å². The van der Waals surface area contributed by atoms with Crippen LogP contribution in [0.15, 0.2) is 53.9 Å². The van der Waals surface area contributed by atoms with Crippen molar-refractivity contribution < 1.29 is 9.13 Å². The summed E-state index contributed by atoms with van der Waals surface area (Å²) in [5, 5.41) is 2.93. The molecule has 22 heavy (non-hydrogen) atoms. The van der Waals surface area contributed by atoms with Crippen molar-refractivity contribution in [3.05, 3.63) is 75.9 Å². The molecule has 0 fully saturated rings. The van der Waals surface area contributed by atoms with Crippen LogP contribution in [0.1, 0.15) is 16.1 Å². The minimum absolute atomic E-state index is 0.179. The van der Waals surface area contributed by atoms with E-state index >= 15 is 0 Å². The molecule has 0 aliphatic carbocycles. The zero-order valence-electron chi connectivity index (χ0n) is 12.3. The Labute approximate surface area is 133 Å². The summed E-state index contributed by atoms with van der Waals surface area (Å²) in [4.78, 5) is 4.63. The molecule has 0 aliphatic rings. The van der Waals surface area contributed by atoms with Crippen LogP contribution in [-0.2, 0) is 17.8 Å². The highest BCUT2D eigenvalue weighted by molar-refractivity contribution is 7.10. The summed E-state index contributed by atoms with van der Waals surface area (Å²) in [5.74, 6) is -0.179. The van der Waals surface area contributed by atoms with Crippen molar-refractivity contribution in [1.82, 2.24) is 4.98 Å². The monoisotopic (exact) mass is 313 g/mol. The second kappa shape index (κ2) is 6.81. The Morgan fingerprint density at radius 2 is 2.00 bits per heavy atom. The number of nitrogens with zero attached hydrogens (tertiary/aromatic N) is 1. The molecule has 2 aromatic carbocycles. The molecular formula is C18H16FNOS. The first-order chi connectivity index (χ1) is 10.8. The second-order valence-electron chi connectivity index (χ2n) is 5.03. The minimum Gasteiger partial charge on any atom is -0.380 e. The lowest BCUT2D eigenvalue weighted by Crippen LogP contribution is -1.92. The molecule has 112 valence electrons. The lowest BCUT2D eigenvalue weighted by Gasteiger charge is -2.02. The maximum absolute atomic E-state index is 13.7. The quantitative estimate of drug-likeness (QED) is 0.682. The Kier molecular flexibility index (Phi) is 4.61. The highest BCUT2D eigenvalue weighted by Gasteiger charge is 2.08. The van der Waals surface area contributed by atoms with Gasteiger partial charge in [-0.1, -0.05) is 36.4 Å². The number of hydrogen-bond acceptors (Lipinski definition) is 3. The van der Waals surface area contributed by atoms with Gasteiger partial charge in [-0.25, -0.2) is 9.37 Å². The Morgan fingerprint density at radius 3 is 2.82 bits per heavy atom. The van der Waals surface area contributed by atoms with Crippen molar-refractivity contribution in [2.45, 2.75) is 13.0 Å². The number of aromatic nitrogens is 1. The topological polar surface area (TPSA) is 22.1 Å². The van der Waals surface area contributed by atoms with Gasteiger partial charge in [0.25, 0.3) is 0 Å². The lowest BCUT2D eigenvalue weighted by molar-refractivity contribution is 0.185. The van der Waals surface area contributed by atoms with Gasteiger partial charge in [0.2, 0.25) is 0 Å². The summed E-state index contributed by atoms with van der Waals surface area (Å²) in [6.45, 7) is 0.583. The summed E-state index contributed by atoms with van der Waals surface area (Å²) in [6, 6.07) is 15.0. The number of halogens is 1. The lowest BCUT2D eigenvalue weighted by atomic mass is 10.1. The maximum Gasteiger partial charge on any atom is 0.126 e. The highest BCUT2D eigenvalue weighted by atomic mass is 32.1. The zero-order chi connectivity index (χ0) is 15.4. The van der Waals surface area contributed by atoms with E-state index in [1.807, 2.05) is 29.6 Å². The Morgan fingerprint density at radius 1 is 1.14 bits per heavy atom. The molecule has 0 unspecified atom stereocenters. The van der Waals surface area contributed by atoms with E-state index in [4.69, 9.17) is 4.74 Å². The Bertz CT molecular complexity index is 769. The average Bonchev–Trinajstić information content (AvgIpc) is 2.99. The van der Waals surface area contributed by atoms with Gasteiger partial charge in [-0.3, -0.25) is 0 Å². The summed E-state index contributed by atoms with van der Waals surface area (Å²) in [6.07, 6.45) is 0.523. The molecule has 0 atom stereocenters. The maximum atomic E-state index is 13.7. The van der Waals surface area contributed by atoms with Gasteiger partial charge in [-0.05, 0) is 23.3 Å². The molecule has 0 amide bonds. The van der Waals surface area contributed by atoms with Gasteiger partial charge in [0.15, 0.2) is 0 Å². The number of hydrogen-bond donors (Lipinski definition) is 0. The van der Waals surface area contributed by atoms with Gasteiger partial charge >= 0.3 is 0 Å². The molecule has 3 aromatic rings. The summed E-state index contributed by atoms with van der Waals surface area (Å²) in [5.41, 5.74) is 3.78. The van der Waals surface area contributed by atoms with E-state index < -0.39 is 0 Å². The van der Waals surface area contributed by atoms with Crippen LogP contribution in [0.4, 0.5) is 4.39 Å². The van der Waals surface area contributed by atoms with E-state index in [9.17, 15) is 4.39 Å². The van der Waals surface area contributed by atoms with Crippen LogP contribution in [-0.4, -0.2) is 12.1 Å². The first kappa shape index (κ1) is 14.9. The van der Waals surface area contributed by atoms with Gasteiger partial charge < -0.3 is 4.74 Å². The predicted octanol–water partition coefficient (Wildman–Crippen LogP) is 4.69. The Balaban J connectivity index is 1.82. The smallest absolute Gasteiger partial charge is 0.126 e. The number of rotatable bonds is 5. The summed E-state index contributed by atoms with van der Waals surface area (Å²) < 4.78 is 18.9. The molecule has 0 radical (unpaired) electrons. The molecule has 4 heteroatoms. The molecule has 3 rings (SSSR count). The van der Waals surface area contributed by atoms with Crippen LogP contribution < -0.4 is 0 Å². The molecule has 2 nitrogen and oxygen atoms in total. The van der Waals surface area contributed by atoms with Gasteiger partial charge in [-0.2, -0.15) is 0 Å². The zero-order valence-corrected chi connectivity index (χ0v) is 13.1. The summed E-state index contributed by atoms with van der Waals surface area (Å²) in [7, 11) is 1.68. The van der Waals surface area contributed by atoms with Crippen molar-refractivity contribution >= 4 is 11.3 Å². The molecule has 0 spiro atoms. The van der Waals surface area contributed by atoms with Crippen LogP contribution in [0.25, 0.3) is 11.3 Å². The largest absolute Gasteiger partial charge is 0.380 e. The van der Waals surface area contributed by atoms with Crippen molar-refractivity contribution in [3.63, 3.8) is 0 Å². The third-order valence-corrected chi connectivity index (χ3v) is 4.23. The average molecular weight is 313 g/mol. The first-order valence-corrected chi connectivity index (χ1v) is 7.90. The molecule has 0 saturated carbocycles. The molecule has 1 aromatic heterocycles. The van der Waals surface area contributed by atoms with E-state index in [-0.39, 0.29) is 5.82 Å². The third kappa shape index (κ3) is 3.40. The van der Waals surface area contributed by atoms with Crippen LogP contribution in [0.3, 0.4) is 0 Å². The van der Waals surface area contributed by atoms with Gasteiger partial charge in [-0.15, -0.1) is 11.3 Å². The van der Waals surface area contributed by atoms with E-state index in [0.717, 1.165) is 21.8 Å². The van der Waals surface area contributed by atoms with Gasteiger partial charge in [0, 0.05) is 24.5 Å². The van der Waals surface area contributed by atoms with Crippen molar-refractivity contribution in [2.24, 2.45) is 0 Å². The van der Waals surface area contributed by atoms with E-state index in [0.29, 0.717) is 18.6 Å². The first-order valence-electron chi connectivity index (χ1n) is 7.02. The van der Waals surface area contributed by atoms with Gasteiger partial charge in [0.1, 0.15) is 5.82 Å². The van der Waals surface area contributed by atoms with E-state index in [1.54, 1.807) is 30.6 Å². The number of thiazole rings is 1. The SMILES string of the molecule is COCc1cccc(-c2csc(Cc3ccccc3F)n2)c1. The van der Waals surface area contributed by atoms with Crippen LogP contribution in [0.2, 0.25) is 0 Å². The number of ether oxygens (including phenoxy) is 1.